The van der Waals surface area contributed by atoms with E-state index in [9.17, 15) is 4.79 Å². The molecule has 0 spiro atoms. The molecule has 0 aromatic heterocycles. The lowest BCUT2D eigenvalue weighted by atomic mass is 9.98. The van der Waals surface area contributed by atoms with Crippen molar-refractivity contribution in [3.8, 4) is 0 Å². The zero-order chi connectivity index (χ0) is 8.39. The minimum absolute atomic E-state index is 0.136. The highest BCUT2D eigenvalue weighted by Gasteiger charge is 2.23. The molecular formula is C9H11NO2. The lowest BCUT2D eigenvalue weighted by molar-refractivity contribution is -0.105. The Labute approximate surface area is 71.1 Å². The molecular weight excluding hydrogens is 154 g/mol. The molecule has 64 valence electrons. The third-order valence-electron chi connectivity index (χ3n) is 2.28. The van der Waals surface area contributed by atoms with Gasteiger partial charge in [0.25, 0.3) is 0 Å². The predicted octanol–water partition coefficient (Wildman–Crippen LogP) is 1.09. The molecule has 3 heteroatoms. The number of carbonyl (C=O) groups is 1. The van der Waals surface area contributed by atoms with Crippen LogP contribution >= 0.6 is 0 Å². The smallest absolute Gasteiger partial charge is 0.168 e. The van der Waals surface area contributed by atoms with E-state index in [-0.39, 0.29) is 6.10 Å². The van der Waals surface area contributed by atoms with Gasteiger partial charge in [0.05, 0.1) is 6.10 Å². The molecule has 0 aromatic rings. The number of aldehydes is 1. The molecule has 1 atom stereocenters. The maximum Gasteiger partial charge on any atom is 0.168 e. The highest BCUT2D eigenvalue weighted by molar-refractivity contribution is 5.98. The van der Waals surface area contributed by atoms with Crippen LogP contribution in [0.4, 0.5) is 0 Å². The minimum Gasteiger partial charge on any atom is -0.373 e. The molecule has 1 unspecified atom stereocenters. The molecule has 2 rings (SSSR count). The second-order valence-corrected chi connectivity index (χ2v) is 3.07. The number of ether oxygens (including phenoxy) is 1. The lowest BCUT2D eigenvalue weighted by Gasteiger charge is -2.26. The van der Waals surface area contributed by atoms with Crippen molar-refractivity contribution in [2.45, 2.75) is 25.4 Å². The Morgan fingerprint density at radius 2 is 2.50 bits per heavy atom. The summed E-state index contributed by atoms with van der Waals surface area (Å²) in [5.41, 5.74) is 1.56. The van der Waals surface area contributed by atoms with Crippen LogP contribution in [-0.4, -0.2) is 25.2 Å². The summed E-state index contributed by atoms with van der Waals surface area (Å²) in [5, 5.41) is 0. The molecule has 0 N–H and O–H groups in total. The van der Waals surface area contributed by atoms with E-state index >= 15 is 0 Å². The van der Waals surface area contributed by atoms with Gasteiger partial charge in [-0.3, -0.25) is 9.79 Å². The molecule has 1 fully saturated rings. The largest absolute Gasteiger partial charge is 0.373 e. The van der Waals surface area contributed by atoms with Gasteiger partial charge < -0.3 is 4.74 Å². The number of allylic oxidation sites excluding steroid dienone is 1. The predicted molar refractivity (Wildman–Crippen MR) is 45.2 cm³/mol. The summed E-state index contributed by atoms with van der Waals surface area (Å²) >= 11 is 0. The van der Waals surface area contributed by atoms with E-state index in [1.807, 2.05) is 0 Å². The van der Waals surface area contributed by atoms with Gasteiger partial charge in [-0.15, -0.1) is 0 Å². The first kappa shape index (κ1) is 7.68. The molecule has 0 saturated carbocycles. The standard InChI is InChI=1S/C9H11NO2/c11-6-8-7(5-10-8)9-3-1-2-4-12-9/h5-6,9H,1-4H2. The van der Waals surface area contributed by atoms with E-state index in [2.05, 4.69) is 4.99 Å². The van der Waals surface area contributed by atoms with Gasteiger partial charge in [-0.25, -0.2) is 0 Å². The van der Waals surface area contributed by atoms with Crippen molar-refractivity contribution in [3.05, 3.63) is 11.3 Å². The zero-order valence-electron chi connectivity index (χ0n) is 6.82. The van der Waals surface area contributed by atoms with Crippen LogP contribution < -0.4 is 0 Å². The van der Waals surface area contributed by atoms with Gasteiger partial charge in [0.1, 0.15) is 5.70 Å². The Morgan fingerprint density at radius 3 is 3.00 bits per heavy atom. The fraction of sp³-hybridized carbons (Fsp3) is 0.556. The number of aliphatic imine (C=N–C) groups is 1. The van der Waals surface area contributed by atoms with Crippen molar-refractivity contribution in [1.82, 2.24) is 0 Å². The molecule has 0 aromatic carbocycles. The molecule has 12 heavy (non-hydrogen) atoms. The van der Waals surface area contributed by atoms with Gasteiger partial charge >= 0.3 is 0 Å². The SMILES string of the molecule is O=CC1=C(C2CCCCO2)C=N1. The van der Waals surface area contributed by atoms with Crippen LogP contribution in [0.3, 0.4) is 0 Å². The number of rotatable bonds is 2. The molecule has 2 aliphatic heterocycles. The number of hydrogen-bond donors (Lipinski definition) is 0. The van der Waals surface area contributed by atoms with Crippen molar-refractivity contribution < 1.29 is 9.53 Å². The van der Waals surface area contributed by atoms with Crippen LogP contribution in [0.25, 0.3) is 0 Å². The average molecular weight is 165 g/mol. The van der Waals surface area contributed by atoms with Crippen LogP contribution in [0.15, 0.2) is 16.3 Å². The summed E-state index contributed by atoms with van der Waals surface area (Å²) in [6.45, 7) is 0.814. The van der Waals surface area contributed by atoms with Crippen LogP contribution in [0, 0.1) is 0 Å². The molecule has 2 heterocycles. The molecule has 0 bridgehead atoms. The van der Waals surface area contributed by atoms with Crippen LogP contribution in [-0.2, 0) is 9.53 Å². The Kier molecular flexibility index (Phi) is 2.04. The summed E-state index contributed by atoms with van der Waals surface area (Å²) in [6, 6.07) is 0. The Morgan fingerprint density at radius 1 is 1.58 bits per heavy atom. The van der Waals surface area contributed by atoms with Gasteiger partial charge in [-0.1, -0.05) is 0 Å². The topological polar surface area (TPSA) is 38.7 Å². The highest BCUT2D eigenvalue weighted by atomic mass is 16.5. The number of nitrogens with zero attached hydrogens (tertiary/aromatic N) is 1. The zero-order valence-corrected chi connectivity index (χ0v) is 6.82. The normalized spacial score (nSPS) is 28.5. The molecule has 1 saturated heterocycles. The van der Waals surface area contributed by atoms with E-state index in [4.69, 9.17) is 4.74 Å². The Hall–Kier alpha value is -0.960. The summed E-state index contributed by atoms with van der Waals surface area (Å²) in [4.78, 5) is 14.3. The first-order valence-electron chi connectivity index (χ1n) is 4.27. The molecule has 2 aliphatic rings. The first-order valence-corrected chi connectivity index (χ1v) is 4.27. The molecule has 0 radical (unpaired) electrons. The first-order chi connectivity index (χ1) is 5.92. The van der Waals surface area contributed by atoms with Gasteiger partial charge in [-0.05, 0) is 19.3 Å². The Bertz CT molecular complexity index is 245. The average Bonchev–Trinajstić information content (AvgIpc) is 2.05. The van der Waals surface area contributed by atoms with Crippen LogP contribution in [0.2, 0.25) is 0 Å². The molecule has 3 nitrogen and oxygen atoms in total. The van der Waals surface area contributed by atoms with Crippen molar-refractivity contribution >= 4 is 12.5 Å². The van der Waals surface area contributed by atoms with Crippen LogP contribution in [0.5, 0.6) is 0 Å². The summed E-state index contributed by atoms with van der Waals surface area (Å²) in [5.74, 6) is 0. The van der Waals surface area contributed by atoms with Gasteiger partial charge in [0, 0.05) is 18.4 Å². The Balaban J connectivity index is 2.04. The quantitative estimate of drug-likeness (QED) is 0.574. The maximum absolute atomic E-state index is 10.4. The second-order valence-electron chi connectivity index (χ2n) is 3.07. The summed E-state index contributed by atoms with van der Waals surface area (Å²) < 4.78 is 5.51. The fourth-order valence-corrected chi connectivity index (χ4v) is 1.55. The van der Waals surface area contributed by atoms with E-state index in [1.54, 1.807) is 6.21 Å². The lowest BCUT2D eigenvalue weighted by Crippen LogP contribution is -2.26. The van der Waals surface area contributed by atoms with Gasteiger partial charge in [-0.2, -0.15) is 0 Å². The second kappa shape index (κ2) is 3.19. The third-order valence-corrected chi connectivity index (χ3v) is 2.28. The number of hydrogen-bond acceptors (Lipinski definition) is 3. The van der Waals surface area contributed by atoms with E-state index in [1.165, 1.54) is 6.42 Å². The van der Waals surface area contributed by atoms with Gasteiger partial charge in [0.15, 0.2) is 6.29 Å². The van der Waals surface area contributed by atoms with E-state index < -0.39 is 0 Å². The van der Waals surface area contributed by atoms with E-state index in [0.29, 0.717) is 5.70 Å². The van der Waals surface area contributed by atoms with Crippen molar-refractivity contribution in [1.29, 1.82) is 0 Å². The monoisotopic (exact) mass is 165 g/mol. The fourth-order valence-electron chi connectivity index (χ4n) is 1.55. The van der Waals surface area contributed by atoms with Crippen molar-refractivity contribution in [2.24, 2.45) is 4.99 Å². The highest BCUT2D eigenvalue weighted by Crippen LogP contribution is 2.24. The summed E-state index contributed by atoms with van der Waals surface area (Å²) in [7, 11) is 0. The van der Waals surface area contributed by atoms with Crippen molar-refractivity contribution in [2.75, 3.05) is 6.61 Å². The molecule has 0 aliphatic carbocycles. The number of carbonyl (C=O) groups excluding carboxylic acids is 1. The maximum atomic E-state index is 10.4. The molecule has 0 amide bonds. The minimum atomic E-state index is 0.136. The van der Waals surface area contributed by atoms with Gasteiger partial charge in [0.2, 0.25) is 0 Å². The van der Waals surface area contributed by atoms with Crippen molar-refractivity contribution in [3.63, 3.8) is 0 Å². The summed E-state index contributed by atoms with van der Waals surface area (Å²) in [6.07, 6.45) is 6.02. The van der Waals surface area contributed by atoms with E-state index in [0.717, 1.165) is 31.3 Å². The van der Waals surface area contributed by atoms with Crippen LogP contribution in [0.1, 0.15) is 19.3 Å². The third kappa shape index (κ3) is 1.20.